The molecule has 2 N–H and O–H groups in total. The maximum Gasteiger partial charge on any atom is 0.346 e. The Labute approximate surface area is 115 Å². The van der Waals surface area contributed by atoms with Crippen LogP contribution < -0.4 is 5.32 Å². The van der Waals surface area contributed by atoms with Crippen LogP contribution in [0.1, 0.15) is 21.7 Å². The summed E-state index contributed by atoms with van der Waals surface area (Å²) in [5.74, 6) is -0.847. The molecule has 1 atom stereocenters. The summed E-state index contributed by atoms with van der Waals surface area (Å²) >= 11 is 1.34. The largest absolute Gasteiger partial charge is 0.477 e. The molecular formula is C14H15NO3S. The normalized spacial score (nSPS) is 19.1. The van der Waals surface area contributed by atoms with Gasteiger partial charge in [0.05, 0.1) is 6.61 Å². The molecule has 1 unspecified atom stereocenters. The lowest BCUT2D eigenvalue weighted by Crippen LogP contribution is -2.29. The smallest absolute Gasteiger partial charge is 0.346 e. The minimum Gasteiger partial charge on any atom is -0.477 e. The van der Waals surface area contributed by atoms with Gasteiger partial charge in [-0.05, 0) is 23.4 Å². The number of carboxylic acid groups (broad SMARTS) is 1. The Morgan fingerprint density at radius 3 is 3.05 bits per heavy atom. The molecule has 100 valence electrons. The van der Waals surface area contributed by atoms with Gasteiger partial charge < -0.3 is 15.2 Å². The molecule has 0 saturated carbocycles. The highest BCUT2D eigenvalue weighted by Crippen LogP contribution is 2.31. The Morgan fingerprint density at radius 1 is 1.47 bits per heavy atom. The van der Waals surface area contributed by atoms with Crippen molar-refractivity contribution in [3.05, 3.63) is 34.7 Å². The van der Waals surface area contributed by atoms with Crippen LogP contribution in [0.3, 0.4) is 0 Å². The molecule has 19 heavy (non-hydrogen) atoms. The Balaban J connectivity index is 1.90. The van der Waals surface area contributed by atoms with Crippen molar-refractivity contribution in [2.75, 3.05) is 13.2 Å². The molecule has 4 nitrogen and oxygen atoms in total. The second kappa shape index (κ2) is 5.28. The first-order chi connectivity index (χ1) is 9.25. The molecule has 1 saturated heterocycles. The number of fused-ring (bicyclic) bond motifs is 1. The van der Waals surface area contributed by atoms with Crippen LogP contribution in [0.25, 0.3) is 10.1 Å². The molecule has 1 aromatic heterocycles. The molecule has 1 aliphatic rings. The molecule has 0 radical (unpaired) electrons. The first-order valence-electron chi connectivity index (χ1n) is 6.30. The van der Waals surface area contributed by atoms with Gasteiger partial charge in [0.15, 0.2) is 0 Å². The average Bonchev–Trinajstić information content (AvgIpc) is 3.03. The Bertz CT molecular complexity index is 602. The Hall–Kier alpha value is -1.43. The van der Waals surface area contributed by atoms with E-state index >= 15 is 0 Å². The zero-order chi connectivity index (χ0) is 13.2. The molecule has 5 heteroatoms. The lowest BCUT2D eigenvalue weighted by atomic mass is 10.1. The number of rotatable bonds is 4. The third kappa shape index (κ3) is 2.49. The average molecular weight is 277 g/mol. The van der Waals surface area contributed by atoms with E-state index in [0.29, 0.717) is 24.1 Å². The van der Waals surface area contributed by atoms with E-state index in [1.165, 1.54) is 11.3 Å². The summed E-state index contributed by atoms with van der Waals surface area (Å²) < 4.78 is 6.34. The first kappa shape index (κ1) is 12.6. The van der Waals surface area contributed by atoms with Crippen LogP contribution in [0, 0.1) is 0 Å². The molecule has 1 aromatic carbocycles. The highest BCUT2D eigenvalue weighted by Gasteiger charge is 2.20. The van der Waals surface area contributed by atoms with Crippen LogP contribution in [0.5, 0.6) is 0 Å². The van der Waals surface area contributed by atoms with Gasteiger partial charge in [-0.15, -0.1) is 11.3 Å². The van der Waals surface area contributed by atoms with E-state index in [0.717, 1.165) is 28.7 Å². The highest BCUT2D eigenvalue weighted by molar-refractivity contribution is 7.21. The van der Waals surface area contributed by atoms with Crippen molar-refractivity contribution in [3.63, 3.8) is 0 Å². The summed E-state index contributed by atoms with van der Waals surface area (Å²) in [6.07, 6.45) is 0.991. The predicted molar refractivity (Wildman–Crippen MR) is 74.8 cm³/mol. The van der Waals surface area contributed by atoms with E-state index in [4.69, 9.17) is 4.74 Å². The number of carbonyl (C=O) groups is 1. The van der Waals surface area contributed by atoms with Crippen molar-refractivity contribution >= 4 is 27.4 Å². The number of thiophene rings is 1. The number of hydrogen-bond acceptors (Lipinski definition) is 4. The summed E-state index contributed by atoms with van der Waals surface area (Å²) in [7, 11) is 0. The standard InChI is InChI=1S/C14H15NO3S/c16-14(17)13-11(7-15-9-5-6-18-8-9)10-3-1-2-4-12(10)19-13/h1-4,9,15H,5-8H2,(H,16,17). The van der Waals surface area contributed by atoms with Crippen molar-refractivity contribution in [1.82, 2.24) is 5.32 Å². The van der Waals surface area contributed by atoms with E-state index < -0.39 is 5.97 Å². The van der Waals surface area contributed by atoms with Gasteiger partial charge in [-0.25, -0.2) is 4.79 Å². The Kier molecular flexibility index (Phi) is 3.50. The molecule has 0 spiro atoms. The number of carboxylic acids is 1. The van der Waals surface area contributed by atoms with E-state index in [1.54, 1.807) is 0 Å². The van der Waals surface area contributed by atoms with Gasteiger partial charge in [-0.1, -0.05) is 18.2 Å². The van der Waals surface area contributed by atoms with E-state index in [9.17, 15) is 9.90 Å². The molecule has 2 aromatic rings. The van der Waals surface area contributed by atoms with E-state index in [-0.39, 0.29) is 0 Å². The minimum atomic E-state index is -0.847. The summed E-state index contributed by atoms with van der Waals surface area (Å²) in [5, 5.41) is 13.7. The van der Waals surface area contributed by atoms with Crippen LogP contribution in [-0.2, 0) is 11.3 Å². The summed E-state index contributed by atoms with van der Waals surface area (Å²) in [6.45, 7) is 2.08. The molecule has 0 amide bonds. The number of nitrogens with one attached hydrogen (secondary N) is 1. The van der Waals surface area contributed by atoms with Gasteiger partial charge in [-0.2, -0.15) is 0 Å². The third-order valence-electron chi connectivity index (χ3n) is 3.39. The number of hydrogen-bond donors (Lipinski definition) is 2. The fourth-order valence-electron chi connectivity index (χ4n) is 2.39. The second-order valence-corrected chi connectivity index (χ2v) is 5.70. The number of benzene rings is 1. The quantitative estimate of drug-likeness (QED) is 0.901. The third-order valence-corrected chi connectivity index (χ3v) is 4.59. The van der Waals surface area contributed by atoms with Gasteiger partial charge in [-0.3, -0.25) is 0 Å². The topological polar surface area (TPSA) is 58.6 Å². The van der Waals surface area contributed by atoms with Gasteiger partial charge in [0.25, 0.3) is 0 Å². The predicted octanol–water partition coefficient (Wildman–Crippen LogP) is 2.48. The molecule has 0 aliphatic carbocycles. The van der Waals surface area contributed by atoms with Crippen LogP contribution in [0.15, 0.2) is 24.3 Å². The molecule has 0 bridgehead atoms. The van der Waals surface area contributed by atoms with Crippen LogP contribution >= 0.6 is 11.3 Å². The van der Waals surface area contributed by atoms with Crippen molar-refractivity contribution in [1.29, 1.82) is 0 Å². The van der Waals surface area contributed by atoms with Crippen molar-refractivity contribution in [2.24, 2.45) is 0 Å². The maximum absolute atomic E-state index is 11.3. The molecule has 2 heterocycles. The SMILES string of the molecule is O=C(O)c1sc2ccccc2c1CNC1CCOC1. The van der Waals surface area contributed by atoms with Gasteiger partial charge in [0.2, 0.25) is 0 Å². The van der Waals surface area contributed by atoms with Gasteiger partial charge in [0.1, 0.15) is 4.88 Å². The first-order valence-corrected chi connectivity index (χ1v) is 7.12. The van der Waals surface area contributed by atoms with Crippen molar-refractivity contribution < 1.29 is 14.6 Å². The summed E-state index contributed by atoms with van der Waals surface area (Å²) in [6, 6.07) is 8.17. The van der Waals surface area contributed by atoms with Crippen molar-refractivity contribution in [2.45, 2.75) is 19.0 Å². The van der Waals surface area contributed by atoms with E-state index in [1.807, 2.05) is 24.3 Å². The molecule has 3 rings (SSSR count). The summed E-state index contributed by atoms with van der Waals surface area (Å²) in [5.41, 5.74) is 0.889. The summed E-state index contributed by atoms with van der Waals surface area (Å²) in [4.78, 5) is 11.8. The number of ether oxygens (including phenoxy) is 1. The lowest BCUT2D eigenvalue weighted by molar-refractivity contribution is 0.0701. The Morgan fingerprint density at radius 2 is 2.32 bits per heavy atom. The number of aromatic carboxylic acids is 1. The fraction of sp³-hybridized carbons (Fsp3) is 0.357. The zero-order valence-corrected chi connectivity index (χ0v) is 11.2. The highest BCUT2D eigenvalue weighted by atomic mass is 32.1. The second-order valence-electron chi connectivity index (χ2n) is 4.65. The molecule has 1 aliphatic heterocycles. The van der Waals surface area contributed by atoms with Gasteiger partial charge >= 0.3 is 5.97 Å². The molecule has 1 fully saturated rings. The van der Waals surface area contributed by atoms with Crippen molar-refractivity contribution in [3.8, 4) is 0 Å². The van der Waals surface area contributed by atoms with Gasteiger partial charge in [0, 0.05) is 23.9 Å². The molecular weight excluding hydrogens is 262 g/mol. The minimum absolute atomic E-state index is 0.334. The fourth-order valence-corrected chi connectivity index (χ4v) is 3.45. The van der Waals surface area contributed by atoms with Crippen LogP contribution in [0.4, 0.5) is 0 Å². The van der Waals surface area contributed by atoms with Crippen LogP contribution in [0.2, 0.25) is 0 Å². The maximum atomic E-state index is 11.3. The van der Waals surface area contributed by atoms with Crippen LogP contribution in [-0.4, -0.2) is 30.3 Å². The van der Waals surface area contributed by atoms with E-state index in [2.05, 4.69) is 5.32 Å². The monoisotopic (exact) mass is 277 g/mol. The lowest BCUT2D eigenvalue weighted by Gasteiger charge is -2.10. The zero-order valence-electron chi connectivity index (χ0n) is 10.4.